The number of nitrogens with one attached hydrogen (secondary N) is 1. The van der Waals surface area contributed by atoms with E-state index in [0.717, 1.165) is 25.4 Å². The number of methoxy groups -OCH3 is 1. The van der Waals surface area contributed by atoms with Crippen LogP contribution in [0.1, 0.15) is 45.8 Å². The molecule has 10 heteroatoms. The molecule has 1 aromatic heterocycles. The van der Waals surface area contributed by atoms with Gasteiger partial charge in [0.05, 0.1) is 19.3 Å². The van der Waals surface area contributed by atoms with E-state index in [4.69, 9.17) is 18.5 Å². The highest BCUT2D eigenvalue weighted by Gasteiger charge is 2.44. The first kappa shape index (κ1) is 23.2. The van der Waals surface area contributed by atoms with Crippen molar-refractivity contribution in [3.05, 3.63) is 33.1 Å². The molecule has 1 aliphatic rings. The lowest BCUT2D eigenvalue weighted by Gasteiger charge is -2.20. The molecule has 0 aromatic carbocycles. The van der Waals surface area contributed by atoms with Crippen molar-refractivity contribution in [1.82, 2.24) is 9.55 Å². The van der Waals surface area contributed by atoms with Crippen molar-refractivity contribution in [2.24, 2.45) is 0 Å². The number of hydrogen-bond acceptors (Lipinski definition) is 7. The third kappa shape index (κ3) is 6.20. The molecular weight excluding hydrogens is 387 g/mol. The first-order chi connectivity index (χ1) is 13.5. The Bertz CT molecular complexity index is 689. The minimum absolute atomic E-state index is 0.436. The Labute approximate surface area is 165 Å². The summed E-state index contributed by atoms with van der Waals surface area (Å²) in [6.07, 6.45) is 2.96. The normalized spacial score (nSPS) is 24.9. The summed E-state index contributed by atoms with van der Waals surface area (Å²) in [4.78, 5) is 25.5. The second kappa shape index (κ2) is 11.8. The molecule has 2 heterocycles. The molecule has 0 amide bonds. The molecule has 2 N–H and O–H groups in total. The third-order valence-corrected chi connectivity index (χ3v) is 6.36. The van der Waals surface area contributed by atoms with Crippen LogP contribution in [-0.4, -0.2) is 59.5 Å². The zero-order valence-corrected chi connectivity index (χ0v) is 17.6. The lowest BCUT2D eigenvalue weighted by molar-refractivity contribution is -0.0551. The first-order valence-electron chi connectivity index (χ1n) is 9.73. The molecule has 1 fully saturated rings. The molecule has 1 saturated heterocycles. The monoisotopic (exact) mass is 418 g/mol. The maximum atomic E-state index is 12.0. The smallest absolute Gasteiger partial charge is 0.330 e. The van der Waals surface area contributed by atoms with Gasteiger partial charge in [0.25, 0.3) is 5.56 Å². The number of aliphatic hydroxyl groups is 1. The van der Waals surface area contributed by atoms with Gasteiger partial charge in [-0.2, -0.15) is 0 Å². The summed E-state index contributed by atoms with van der Waals surface area (Å²) < 4.78 is 23.7. The van der Waals surface area contributed by atoms with Crippen LogP contribution in [0, 0.1) is 0 Å². The molecule has 4 atom stereocenters. The Hall–Kier alpha value is -1.09. The molecule has 4 unspecified atom stereocenters. The Balaban J connectivity index is 1.86. The zero-order chi connectivity index (χ0) is 20.5. The lowest BCUT2D eigenvalue weighted by Crippen LogP contribution is -2.38. The van der Waals surface area contributed by atoms with Gasteiger partial charge in [0.15, 0.2) is 14.6 Å². The highest BCUT2D eigenvalue weighted by Crippen LogP contribution is 2.39. The molecule has 0 aliphatic carbocycles. The second-order valence-corrected chi connectivity index (χ2v) is 8.14. The van der Waals surface area contributed by atoms with Gasteiger partial charge < -0.3 is 23.6 Å². The zero-order valence-electron chi connectivity index (χ0n) is 16.7. The van der Waals surface area contributed by atoms with E-state index in [0.29, 0.717) is 19.6 Å². The Morgan fingerprint density at radius 1 is 1.21 bits per heavy atom. The van der Waals surface area contributed by atoms with E-state index >= 15 is 0 Å². The van der Waals surface area contributed by atoms with E-state index in [1.165, 1.54) is 23.9 Å². The van der Waals surface area contributed by atoms with Crippen molar-refractivity contribution >= 4 is 8.38 Å². The number of aromatic amines is 1. The Morgan fingerprint density at radius 2 is 1.93 bits per heavy atom. The fourth-order valence-corrected chi connectivity index (χ4v) is 4.67. The summed E-state index contributed by atoms with van der Waals surface area (Å²) in [6.45, 7) is 5.22. The van der Waals surface area contributed by atoms with Gasteiger partial charge in [-0.25, -0.2) is 4.79 Å². The number of aromatic nitrogens is 2. The quantitative estimate of drug-likeness (QED) is 0.393. The average Bonchev–Trinajstić information content (AvgIpc) is 2.97. The van der Waals surface area contributed by atoms with Crippen molar-refractivity contribution in [2.75, 3.05) is 26.5 Å². The lowest BCUT2D eigenvalue weighted by atomic mass is 10.0. The van der Waals surface area contributed by atoms with Crippen molar-refractivity contribution in [2.45, 2.75) is 64.1 Å². The molecule has 160 valence electrons. The predicted octanol–water partition coefficient (Wildman–Crippen LogP) is 1.76. The van der Waals surface area contributed by atoms with Crippen LogP contribution in [0.2, 0.25) is 0 Å². The maximum Gasteiger partial charge on any atom is 0.330 e. The molecule has 1 aromatic rings. The standard InChI is InChI=1S/C18H31N2O7P/c1-4-25-28(26-5-2)12-8-6-7-9-13-15(22)16(24-3)17(27-13)20-11-10-14(21)19-18(20)23/h10-11,13,15-17,22H,4-9,12H2,1-3H3,(H,19,21,23). The number of nitrogens with zero attached hydrogens (tertiary/aromatic N) is 1. The molecule has 2 rings (SSSR count). The summed E-state index contributed by atoms with van der Waals surface area (Å²) in [7, 11) is 0.647. The van der Waals surface area contributed by atoms with Crippen LogP contribution < -0.4 is 11.2 Å². The fraction of sp³-hybridized carbons (Fsp3) is 0.778. The van der Waals surface area contributed by atoms with Gasteiger partial charge in [-0.05, 0) is 26.7 Å². The third-order valence-electron chi connectivity index (χ3n) is 4.59. The van der Waals surface area contributed by atoms with E-state index in [1.54, 1.807) is 0 Å². The number of rotatable bonds is 12. The topological polar surface area (TPSA) is 112 Å². The largest absolute Gasteiger partial charge is 0.388 e. The number of H-pyrrole nitrogens is 1. The molecule has 0 spiro atoms. The molecule has 28 heavy (non-hydrogen) atoms. The highest BCUT2D eigenvalue weighted by atomic mass is 31.2. The summed E-state index contributed by atoms with van der Waals surface area (Å²) in [6, 6.07) is 1.24. The minimum Gasteiger partial charge on any atom is -0.388 e. The minimum atomic E-state index is -0.849. The average molecular weight is 418 g/mol. The van der Waals surface area contributed by atoms with Crippen LogP contribution in [0.25, 0.3) is 0 Å². The first-order valence-corrected chi connectivity index (χ1v) is 11.1. The van der Waals surface area contributed by atoms with Crippen LogP contribution in [0.3, 0.4) is 0 Å². The van der Waals surface area contributed by atoms with Crippen molar-refractivity contribution < 1.29 is 23.6 Å². The SMILES string of the molecule is CCOP(CCCCCC1OC(n2ccc(=O)[nH]c2=O)C(OC)C1O)OCC. The van der Waals surface area contributed by atoms with E-state index < -0.39 is 44.2 Å². The number of unbranched alkanes of at least 4 members (excludes halogenated alkanes) is 2. The highest BCUT2D eigenvalue weighted by molar-refractivity contribution is 7.47. The van der Waals surface area contributed by atoms with E-state index in [-0.39, 0.29) is 0 Å². The molecule has 9 nitrogen and oxygen atoms in total. The maximum absolute atomic E-state index is 12.0. The molecule has 0 saturated carbocycles. The summed E-state index contributed by atoms with van der Waals surface area (Å²) >= 11 is 0. The number of ether oxygens (including phenoxy) is 2. The van der Waals surface area contributed by atoms with Crippen molar-refractivity contribution in [1.29, 1.82) is 0 Å². The Kier molecular flexibility index (Phi) is 9.77. The van der Waals surface area contributed by atoms with Crippen LogP contribution >= 0.6 is 8.38 Å². The molecular formula is C18H31N2O7P. The fourth-order valence-electron chi connectivity index (χ4n) is 3.28. The molecule has 1 aliphatic heterocycles. The van der Waals surface area contributed by atoms with Crippen LogP contribution in [-0.2, 0) is 18.5 Å². The van der Waals surface area contributed by atoms with Gasteiger partial charge in [0.1, 0.15) is 12.2 Å². The van der Waals surface area contributed by atoms with Crippen LogP contribution in [0.4, 0.5) is 0 Å². The van der Waals surface area contributed by atoms with Crippen LogP contribution in [0.5, 0.6) is 0 Å². The van der Waals surface area contributed by atoms with E-state index in [9.17, 15) is 14.7 Å². The van der Waals surface area contributed by atoms with E-state index in [2.05, 4.69) is 4.98 Å². The Morgan fingerprint density at radius 3 is 2.54 bits per heavy atom. The predicted molar refractivity (Wildman–Crippen MR) is 106 cm³/mol. The summed E-state index contributed by atoms with van der Waals surface area (Å²) in [5, 5.41) is 10.5. The van der Waals surface area contributed by atoms with Gasteiger partial charge in [0, 0.05) is 25.5 Å². The van der Waals surface area contributed by atoms with E-state index in [1.807, 2.05) is 13.8 Å². The van der Waals surface area contributed by atoms with Gasteiger partial charge in [-0.3, -0.25) is 14.3 Å². The molecule has 0 radical (unpaired) electrons. The van der Waals surface area contributed by atoms with Gasteiger partial charge in [-0.15, -0.1) is 0 Å². The second-order valence-electron chi connectivity index (χ2n) is 6.51. The van der Waals surface area contributed by atoms with Gasteiger partial charge in [0.2, 0.25) is 0 Å². The van der Waals surface area contributed by atoms with Gasteiger partial charge in [-0.1, -0.05) is 12.8 Å². The number of aliphatic hydroxyl groups excluding tert-OH is 1. The molecule has 0 bridgehead atoms. The van der Waals surface area contributed by atoms with Crippen molar-refractivity contribution in [3.8, 4) is 0 Å². The summed E-state index contributed by atoms with van der Waals surface area (Å²) in [5.41, 5.74) is -1.07. The number of hydrogen-bond donors (Lipinski definition) is 2. The van der Waals surface area contributed by atoms with Crippen molar-refractivity contribution in [3.63, 3.8) is 0 Å². The van der Waals surface area contributed by atoms with Gasteiger partial charge >= 0.3 is 5.69 Å². The van der Waals surface area contributed by atoms with Crippen LogP contribution in [0.15, 0.2) is 21.9 Å². The summed E-state index contributed by atoms with van der Waals surface area (Å²) in [5.74, 6) is 0.